The van der Waals surface area contributed by atoms with Gasteiger partial charge in [0.2, 0.25) is 0 Å². The van der Waals surface area contributed by atoms with Gasteiger partial charge < -0.3 is 9.47 Å². The lowest BCUT2D eigenvalue weighted by Crippen LogP contribution is -2.52. The van der Waals surface area contributed by atoms with Crippen LogP contribution in [0.1, 0.15) is 19.8 Å². The molecule has 20 heavy (non-hydrogen) atoms. The number of hydrogen-bond acceptors (Lipinski definition) is 3. The van der Waals surface area contributed by atoms with Crippen molar-refractivity contribution in [2.24, 2.45) is 0 Å². The second kappa shape index (κ2) is 5.98. The zero-order valence-electron chi connectivity index (χ0n) is 11.5. The summed E-state index contributed by atoms with van der Waals surface area (Å²) in [4.78, 5) is 4.40. The predicted octanol–water partition coefficient (Wildman–Crippen LogP) is 3.79. The quantitative estimate of drug-likeness (QED) is 0.786. The molecule has 0 amide bonds. The average Bonchev–Trinajstić information content (AvgIpc) is 2.47. The zero-order chi connectivity index (χ0) is 13.9. The van der Waals surface area contributed by atoms with Crippen molar-refractivity contribution >= 4 is 22.5 Å². The van der Waals surface area contributed by atoms with Crippen LogP contribution in [0.4, 0.5) is 0 Å². The molecule has 1 aromatic carbocycles. The highest BCUT2D eigenvalue weighted by atomic mass is 35.5. The van der Waals surface area contributed by atoms with Gasteiger partial charge in [-0.15, -0.1) is 11.6 Å². The van der Waals surface area contributed by atoms with E-state index in [4.69, 9.17) is 21.1 Å². The summed E-state index contributed by atoms with van der Waals surface area (Å²) >= 11 is 6.21. The van der Waals surface area contributed by atoms with Crippen molar-refractivity contribution in [1.82, 2.24) is 4.98 Å². The molecular weight excluding hydrogens is 274 g/mol. The van der Waals surface area contributed by atoms with Crippen LogP contribution in [0.15, 0.2) is 36.5 Å². The lowest BCUT2D eigenvalue weighted by Gasteiger charge is -2.40. The van der Waals surface area contributed by atoms with Gasteiger partial charge in [0.15, 0.2) is 0 Å². The molecule has 3 nitrogen and oxygen atoms in total. The molecule has 0 saturated heterocycles. The molecule has 1 saturated carbocycles. The summed E-state index contributed by atoms with van der Waals surface area (Å²) < 4.78 is 11.8. The molecule has 0 bridgehead atoms. The first-order chi connectivity index (χ1) is 9.79. The summed E-state index contributed by atoms with van der Waals surface area (Å²) in [5.41, 5.74) is 0.891. The molecule has 4 heteroatoms. The lowest BCUT2D eigenvalue weighted by atomic mass is 9.91. The first-order valence-corrected chi connectivity index (χ1v) is 7.49. The van der Waals surface area contributed by atoms with Gasteiger partial charge in [-0.3, -0.25) is 4.98 Å². The van der Waals surface area contributed by atoms with Crippen LogP contribution in [0.5, 0.6) is 5.75 Å². The molecule has 2 aromatic rings. The van der Waals surface area contributed by atoms with E-state index in [1.807, 2.05) is 30.3 Å². The third kappa shape index (κ3) is 2.60. The maximum atomic E-state index is 6.21. The number of pyridine rings is 1. The Morgan fingerprint density at radius 2 is 2.15 bits per heavy atom. The fourth-order valence-electron chi connectivity index (χ4n) is 2.44. The maximum absolute atomic E-state index is 6.21. The van der Waals surface area contributed by atoms with E-state index in [0.29, 0.717) is 0 Å². The Hall–Kier alpha value is -1.32. The van der Waals surface area contributed by atoms with Crippen molar-refractivity contribution in [1.29, 1.82) is 0 Å². The maximum Gasteiger partial charge on any atom is 0.146 e. The number of rotatable bonds is 5. The number of alkyl halides is 1. The SMILES string of the molecule is CCCOC1C(Cl)CC1Oc1cccc2cccnc12. The predicted molar refractivity (Wildman–Crippen MR) is 80.4 cm³/mol. The highest BCUT2D eigenvalue weighted by Crippen LogP contribution is 2.34. The number of nitrogens with zero attached hydrogens (tertiary/aromatic N) is 1. The number of benzene rings is 1. The highest BCUT2D eigenvalue weighted by Gasteiger charge is 2.42. The summed E-state index contributed by atoms with van der Waals surface area (Å²) in [6, 6.07) is 9.93. The molecule has 0 N–H and O–H groups in total. The summed E-state index contributed by atoms with van der Waals surface area (Å²) in [5, 5.41) is 1.13. The van der Waals surface area contributed by atoms with Crippen molar-refractivity contribution in [3.63, 3.8) is 0 Å². The van der Waals surface area contributed by atoms with Gasteiger partial charge in [-0.25, -0.2) is 0 Å². The standard InChI is InChI=1S/C16H18ClNO2/c1-2-9-19-16-12(17)10-14(16)20-13-7-3-5-11-6-4-8-18-15(11)13/h3-8,12,14,16H,2,9-10H2,1H3. The van der Waals surface area contributed by atoms with E-state index in [-0.39, 0.29) is 17.6 Å². The normalized spacial score (nSPS) is 25.4. The Morgan fingerprint density at radius 1 is 1.30 bits per heavy atom. The Labute approximate surface area is 123 Å². The van der Waals surface area contributed by atoms with E-state index in [2.05, 4.69) is 11.9 Å². The van der Waals surface area contributed by atoms with E-state index >= 15 is 0 Å². The number of para-hydroxylation sites is 1. The third-order valence-corrected chi connectivity index (χ3v) is 4.00. The van der Waals surface area contributed by atoms with Gasteiger partial charge in [0, 0.05) is 24.6 Å². The smallest absolute Gasteiger partial charge is 0.146 e. The van der Waals surface area contributed by atoms with Crippen molar-refractivity contribution in [3.05, 3.63) is 36.5 Å². The third-order valence-electron chi connectivity index (χ3n) is 3.57. The number of ether oxygens (including phenoxy) is 2. The molecule has 0 spiro atoms. The van der Waals surface area contributed by atoms with Crippen LogP contribution < -0.4 is 4.74 Å². The van der Waals surface area contributed by atoms with Gasteiger partial charge in [-0.05, 0) is 18.6 Å². The molecule has 1 aliphatic rings. The van der Waals surface area contributed by atoms with E-state index in [1.54, 1.807) is 6.20 Å². The topological polar surface area (TPSA) is 31.4 Å². The summed E-state index contributed by atoms with van der Waals surface area (Å²) in [5.74, 6) is 0.807. The Bertz CT molecular complexity index is 584. The van der Waals surface area contributed by atoms with Crippen LogP contribution in [-0.2, 0) is 4.74 Å². The second-order valence-corrected chi connectivity index (χ2v) is 5.64. The molecular formula is C16H18ClNO2. The first-order valence-electron chi connectivity index (χ1n) is 7.05. The van der Waals surface area contributed by atoms with Gasteiger partial charge in [-0.2, -0.15) is 0 Å². The summed E-state index contributed by atoms with van der Waals surface area (Å²) in [6.45, 7) is 2.81. The van der Waals surface area contributed by atoms with Gasteiger partial charge in [0.25, 0.3) is 0 Å². The van der Waals surface area contributed by atoms with Crippen molar-refractivity contribution in [3.8, 4) is 5.75 Å². The molecule has 0 aliphatic heterocycles. The minimum absolute atomic E-state index is 0.0180. The van der Waals surface area contributed by atoms with Crippen molar-refractivity contribution < 1.29 is 9.47 Å². The minimum Gasteiger partial charge on any atom is -0.485 e. The van der Waals surface area contributed by atoms with E-state index < -0.39 is 0 Å². The van der Waals surface area contributed by atoms with Crippen LogP contribution >= 0.6 is 11.6 Å². The van der Waals surface area contributed by atoms with Gasteiger partial charge in [-0.1, -0.05) is 25.1 Å². The van der Waals surface area contributed by atoms with Crippen molar-refractivity contribution in [2.45, 2.75) is 37.4 Å². The Morgan fingerprint density at radius 3 is 2.95 bits per heavy atom. The first kappa shape index (κ1) is 13.7. The summed E-state index contributed by atoms with van der Waals surface area (Å²) in [6.07, 6.45) is 3.60. The molecule has 1 heterocycles. The molecule has 0 radical (unpaired) electrons. The van der Waals surface area contributed by atoms with E-state index in [1.165, 1.54) is 0 Å². The van der Waals surface area contributed by atoms with Crippen LogP contribution in [0.25, 0.3) is 10.9 Å². The molecule has 1 aliphatic carbocycles. The van der Waals surface area contributed by atoms with E-state index in [0.717, 1.165) is 36.1 Å². The van der Waals surface area contributed by atoms with Crippen LogP contribution in [-0.4, -0.2) is 29.2 Å². The second-order valence-electron chi connectivity index (χ2n) is 5.07. The number of hydrogen-bond donors (Lipinski definition) is 0. The Balaban J connectivity index is 1.76. The lowest BCUT2D eigenvalue weighted by molar-refractivity contribution is -0.0793. The average molecular weight is 292 g/mol. The van der Waals surface area contributed by atoms with Gasteiger partial charge >= 0.3 is 0 Å². The van der Waals surface area contributed by atoms with Gasteiger partial charge in [0.05, 0.1) is 5.38 Å². The van der Waals surface area contributed by atoms with Gasteiger partial charge in [0.1, 0.15) is 23.5 Å². The van der Waals surface area contributed by atoms with Crippen LogP contribution in [0.3, 0.4) is 0 Å². The number of halogens is 1. The number of aromatic nitrogens is 1. The Kier molecular flexibility index (Phi) is 4.08. The monoisotopic (exact) mass is 291 g/mol. The fourth-order valence-corrected chi connectivity index (χ4v) is 2.85. The molecule has 3 atom stereocenters. The molecule has 1 fully saturated rings. The van der Waals surface area contributed by atoms with Crippen LogP contribution in [0, 0.1) is 0 Å². The van der Waals surface area contributed by atoms with Crippen molar-refractivity contribution in [2.75, 3.05) is 6.61 Å². The molecule has 3 rings (SSSR count). The zero-order valence-corrected chi connectivity index (χ0v) is 12.2. The fraction of sp³-hybridized carbons (Fsp3) is 0.438. The largest absolute Gasteiger partial charge is 0.485 e. The van der Waals surface area contributed by atoms with E-state index in [9.17, 15) is 0 Å². The van der Waals surface area contributed by atoms with Crippen LogP contribution in [0.2, 0.25) is 0 Å². The highest BCUT2D eigenvalue weighted by molar-refractivity contribution is 6.21. The molecule has 106 valence electrons. The molecule has 3 unspecified atom stereocenters. The molecule has 1 aromatic heterocycles. The number of fused-ring (bicyclic) bond motifs is 1. The summed E-state index contributed by atoms with van der Waals surface area (Å²) in [7, 11) is 0. The minimum atomic E-state index is -0.0180.